The van der Waals surface area contributed by atoms with Gasteiger partial charge in [-0.3, -0.25) is 4.74 Å². The Morgan fingerprint density at radius 2 is 0.892 bits per heavy atom. The average Bonchev–Trinajstić information content (AvgIpc) is 2.86. The van der Waals surface area contributed by atoms with Crippen molar-refractivity contribution in [2.75, 3.05) is 6.61 Å². The van der Waals surface area contributed by atoms with Gasteiger partial charge in [0.1, 0.15) is 6.61 Å². The summed E-state index contributed by atoms with van der Waals surface area (Å²) in [7, 11) is 0. The van der Waals surface area contributed by atoms with Gasteiger partial charge in [0.2, 0.25) is 0 Å². The Morgan fingerprint density at radius 3 is 1.27 bits per heavy atom. The molecule has 37 heavy (non-hydrogen) atoms. The Bertz CT molecular complexity index is 1050. The number of rotatable bonds is 11. The van der Waals surface area contributed by atoms with Gasteiger partial charge in [0.15, 0.2) is 0 Å². The van der Waals surface area contributed by atoms with E-state index in [1.165, 1.54) is 0 Å². The third-order valence-electron chi connectivity index (χ3n) is 4.46. The lowest BCUT2D eigenvalue weighted by Gasteiger charge is -2.60. The van der Waals surface area contributed by atoms with E-state index in [1.807, 2.05) is 0 Å². The number of aliphatic hydroxyl groups excluding tert-OH is 1. The Labute approximate surface area is 207 Å². The van der Waals surface area contributed by atoms with Gasteiger partial charge < -0.3 is 49.2 Å². The van der Waals surface area contributed by atoms with Crippen LogP contribution in [0.1, 0.15) is 0 Å². The second kappa shape index (κ2) is 10.8. The summed E-state index contributed by atoms with van der Waals surface area (Å²) in [5, 5.41) is 55.4. The van der Waals surface area contributed by atoms with Crippen LogP contribution in [0.15, 0.2) is 63.3 Å². The van der Waals surface area contributed by atoms with Crippen molar-refractivity contribution in [3.63, 3.8) is 0 Å². The molecule has 16 nitrogen and oxygen atoms in total. The van der Waals surface area contributed by atoms with E-state index in [0.29, 0.717) is 18.2 Å². The number of ether oxygens (including phenoxy) is 6. The molecule has 0 aromatic rings. The van der Waals surface area contributed by atoms with Crippen molar-refractivity contribution in [3.8, 4) is 0 Å². The quantitative estimate of drug-likeness (QED) is 0.0776. The van der Waals surface area contributed by atoms with Crippen LogP contribution in [0.5, 0.6) is 0 Å². The highest BCUT2D eigenvalue weighted by Gasteiger charge is 2.92. The van der Waals surface area contributed by atoms with Crippen LogP contribution in [0.25, 0.3) is 0 Å². The van der Waals surface area contributed by atoms with Gasteiger partial charge >= 0.3 is 59.0 Å². The van der Waals surface area contributed by atoms with Crippen LogP contribution in [0.3, 0.4) is 0 Å². The normalized spacial score (nSPS) is 32.5. The van der Waals surface area contributed by atoms with Gasteiger partial charge in [-0.15, -0.1) is 0 Å². The molecule has 0 radical (unpaired) electrons. The topological polar surface area (TPSA) is 242 Å². The molecule has 1 heterocycles. The van der Waals surface area contributed by atoms with E-state index < -0.39 is 65.6 Å². The fourth-order valence-electron chi connectivity index (χ4n) is 2.78. The van der Waals surface area contributed by atoms with Crippen molar-refractivity contribution in [2.45, 2.75) is 29.1 Å². The molecule has 16 heteroatoms. The van der Waals surface area contributed by atoms with Crippen LogP contribution in [-0.2, 0) is 52.4 Å². The summed E-state index contributed by atoms with van der Waals surface area (Å²) in [5.41, 5.74) is 0. The predicted octanol–water partition coefficient (Wildman–Crippen LogP) is -2.94. The maximum atomic E-state index is 12.2. The van der Waals surface area contributed by atoms with Crippen LogP contribution < -0.4 is 0 Å². The molecule has 1 aliphatic heterocycles. The second-order valence-corrected chi connectivity index (χ2v) is 6.65. The molecule has 0 aromatic heterocycles. The van der Waals surface area contributed by atoms with Gasteiger partial charge in [-0.05, 0) is 0 Å². The molecular weight excluding hydrogens is 508 g/mol. The molecule has 0 aromatic carbocycles. The lowest BCUT2D eigenvalue weighted by molar-refractivity contribution is -0.630. The molecule has 5 atom stereocenters. The standard InChI is InChI=1S/C21H22O16/c1-6-12(23)32-17(11-22)18(28,33-13(24)7-2)19(29,34-14(25)8-3)20(30,35-15(26)9-4)21(31,37-17)36-16(27)10-5/h6-10,22,28-31H,1-5,11H2/t17-,18-,19+,20-,21?/m1/s1. The second-order valence-electron chi connectivity index (χ2n) is 6.65. The zero-order chi connectivity index (χ0) is 28.9. The van der Waals surface area contributed by atoms with Gasteiger partial charge in [-0.2, -0.15) is 0 Å². The van der Waals surface area contributed by atoms with Gasteiger partial charge in [0.05, 0.1) is 0 Å². The molecule has 0 amide bonds. The van der Waals surface area contributed by atoms with Gasteiger partial charge in [0.25, 0.3) is 0 Å². The smallest absolute Gasteiger partial charge is 0.407 e. The number of carbonyl (C=O) groups is 5. The number of hydrogen-bond acceptors (Lipinski definition) is 16. The highest BCUT2D eigenvalue weighted by atomic mass is 17.0. The molecule has 202 valence electrons. The highest BCUT2D eigenvalue weighted by Crippen LogP contribution is 2.56. The molecule has 1 rings (SSSR count). The first-order chi connectivity index (χ1) is 17.0. The first-order valence-corrected chi connectivity index (χ1v) is 9.52. The van der Waals surface area contributed by atoms with Crippen molar-refractivity contribution in [1.82, 2.24) is 0 Å². The van der Waals surface area contributed by atoms with Gasteiger partial charge in [0, 0.05) is 30.4 Å². The van der Waals surface area contributed by atoms with E-state index in [2.05, 4.69) is 56.6 Å². The summed E-state index contributed by atoms with van der Waals surface area (Å²) in [6.07, 6.45) is 1.53. The Hall–Kier alpha value is -4.19. The highest BCUT2D eigenvalue weighted by molar-refractivity contribution is 5.85. The van der Waals surface area contributed by atoms with Crippen molar-refractivity contribution in [1.29, 1.82) is 0 Å². The third kappa shape index (κ3) is 4.92. The first kappa shape index (κ1) is 30.8. The van der Waals surface area contributed by atoms with Crippen LogP contribution in [-0.4, -0.2) is 91.1 Å². The molecular formula is C21H22O16. The maximum Gasteiger partial charge on any atom is 0.407 e. The average molecular weight is 530 g/mol. The van der Waals surface area contributed by atoms with Crippen LogP contribution in [0.4, 0.5) is 0 Å². The molecule has 1 aliphatic rings. The van der Waals surface area contributed by atoms with E-state index in [0.717, 1.165) is 0 Å². The molecule has 1 saturated heterocycles. The Balaban J connectivity index is 4.36. The summed E-state index contributed by atoms with van der Waals surface area (Å²) in [5.74, 6) is -30.7. The van der Waals surface area contributed by atoms with Crippen LogP contribution in [0.2, 0.25) is 0 Å². The van der Waals surface area contributed by atoms with Crippen molar-refractivity contribution >= 4 is 29.8 Å². The SMILES string of the molecule is C=CC(=O)OC1(O)O[C@@](CO)(OC(=O)C=C)[C@@](O)(OC(=O)C=C)[C@](O)(OC(=O)C=C)[C@@]1(O)OC(=O)C=C. The lowest BCUT2D eigenvalue weighted by atomic mass is 9.83. The van der Waals surface area contributed by atoms with E-state index in [1.54, 1.807) is 0 Å². The molecule has 0 saturated carbocycles. The van der Waals surface area contributed by atoms with Gasteiger partial charge in [-0.1, -0.05) is 32.9 Å². The first-order valence-electron chi connectivity index (χ1n) is 9.52. The van der Waals surface area contributed by atoms with Crippen LogP contribution >= 0.6 is 0 Å². The summed E-state index contributed by atoms with van der Waals surface area (Å²) in [6, 6.07) is 0. The number of esters is 5. The van der Waals surface area contributed by atoms with E-state index >= 15 is 0 Å². The zero-order valence-electron chi connectivity index (χ0n) is 18.9. The molecule has 0 spiro atoms. The van der Waals surface area contributed by atoms with Crippen molar-refractivity contribution in [3.05, 3.63) is 63.3 Å². The van der Waals surface area contributed by atoms with E-state index in [4.69, 9.17) is 4.74 Å². The minimum Gasteiger partial charge on any atom is -0.419 e. The minimum atomic E-state index is -4.64. The maximum absolute atomic E-state index is 12.2. The summed E-state index contributed by atoms with van der Waals surface area (Å²) < 4.78 is 27.5. The number of aliphatic hydroxyl groups is 5. The predicted molar refractivity (Wildman–Crippen MR) is 112 cm³/mol. The Morgan fingerprint density at radius 1 is 0.568 bits per heavy atom. The van der Waals surface area contributed by atoms with Gasteiger partial charge in [-0.25, -0.2) is 24.0 Å². The molecule has 1 fully saturated rings. The molecule has 5 N–H and O–H groups in total. The molecule has 1 unspecified atom stereocenters. The largest absolute Gasteiger partial charge is 0.419 e. The number of carbonyl (C=O) groups excluding carboxylic acids is 5. The summed E-state index contributed by atoms with van der Waals surface area (Å²) in [6.45, 7) is 13.0. The molecule has 0 bridgehead atoms. The fourth-order valence-corrected chi connectivity index (χ4v) is 2.78. The van der Waals surface area contributed by atoms with E-state index in [9.17, 15) is 49.5 Å². The molecule has 0 aliphatic carbocycles. The van der Waals surface area contributed by atoms with Crippen molar-refractivity contribution < 1.29 is 77.9 Å². The summed E-state index contributed by atoms with van der Waals surface area (Å²) in [4.78, 5) is 60.4. The zero-order valence-corrected chi connectivity index (χ0v) is 18.9. The minimum absolute atomic E-state index is 0.268. The summed E-state index contributed by atoms with van der Waals surface area (Å²) >= 11 is 0. The fraction of sp³-hybridized carbons (Fsp3) is 0.286. The van der Waals surface area contributed by atoms with Crippen molar-refractivity contribution in [2.24, 2.45) is 0 Å². The number of hydrogen-bond donors (Lipinski definition) is 5. The lowest BCUT2D eigenvalue weighted by Crippen LogP contribution is -2.91. The Kier molecular flexibility index (Phi) is 9.02. The monoisotopic (exact) mass is 530 g/mol. The van der Waals surface area contributed by atoms with Crippen LogP contribution in [0, 0.1) is 0 Å². The third-order valence-corrected chi connectivity index (χ3v) is 4.46. The van der Waals surface area contributed by atoms with E-state index in [-0.39, 0.29) is 12.2 Å².